The van der Waals surface area contributed by atoms with E-state index >= 15 is 0 Å². The molecular weight excluding hydrogens is 641 g/mol. The van der Waals surface area contributed by atoms with Crippen LogP contribution in [0.5, 0.6) is 0 Å². The Bertz CT molecular complexity index is 1750. The van der Waals surface area contributed by atoms with Crippen LogP contribution in [0.25, 0.3) is 0 Å². The molecule has 1 N–H and O–H groups in total. The van der Waals surface area contributed by atoms with E-state index in [1.54, 1.807) is 18.2 Å². The molecule has 0 aliphatic heterocycles. The zero-order valence-electron chi connectivity index (χ0n) is 25.6. The van der Waals surface area contributed by atoms with Crippen molar-refractivity contribution in [3.63, 3.8) is 0 Å². The summed E-state index contributed by atoms with van der Waals surface area (Å²) in [5, 5.41) is 3.55. The van der Waals surface area contributed by atoms with E-state index in [-0.39, 0.29) is 45.5 Å². The first kappa shape index (κ1) is 33.5. The average molecular weight is 679 g/mol. The summed E-state index contributed by atoms with van der Waals surface area (Å²) in [6, 6.07) is 28.8. The van der Waals surface area contributed by atoms with Gasteiger partial charge in [0.15, 0.2) is 0 Å². The highest BCUT2D eigenvalue weighted by molar-refractivity contribution is 7.92. The molecule has 0 bridgehead atoms. The number of halogens is 2. The predicted octanol–water partition coefficient (Wildman–Crippen LogP) is 7.20. The molecule has 7 nitrogen and oxygen atoms in total. The number of sulfonamides is 1. The maximum Gasteiger partial charge on any atom is 0.264 e. The van der Waals surface area contributed by atoms with Crippen molar-refractivity contribution in [2.45, 2.75) is 62.6 Å². The Morgan fingerprint density at radius 2 is 1.46 bits per heavy atom. The highest BCUT2D eigenvalue weighted by Crippen LogP contribution is 2.33. The third kappa shape index (κ3) is 8.29. The maximum absolute atomic E-state index is 14.6. The first-order chi connectivity index (χ1) is 22.1. The first-order valence-electron chi connectivity index (χ1n) is 15.3. The van der Waals surface area contributed by atoms with E-state index in [2.05, 4.69) is 5.32 Å². The number of benzene rings is 4. The number of aryl methyl sites for hydroxylation is 1. The van der Waals surface area contributed by atoms with Gasteiger partial charge >= 0.3 is 0 Å². The highest BCUT2D eigenvalue weighted by Gasteiger charge is 2.36. The van der Waals surface area contributed by atoms with Crippen molar-refractivity contribution in [1.82, 2.24) is 10.2 Å². The lowest BCUT2D eigenvalue weighted by Crippen LogP contribution is -2.54. The van der Waals surface area contributed by atoms with Gasteiger partial charge in [0.05, 0.1) is 15.6 Å². The molecular formula is C36H37Cl2N3O4S. The van der Waals surface area contributed by atoms with Crippen LogP contribution in [0, 0.1) is 6.92 Å². The Morgan fingerprint density at radius 1 is 0.848 bits per heavy atom. The van der Waals surface area contributed by atoms with Crippen molar-refractivity contribution in [2.24, 2.45) is 0 Å². The average Bonchev–Trinajstić information content (AvgIpc) is 3.57. The van der Waals surface area contributed by atoms with E-state index in [0.29, 0.717) is 0 Å². The van der Waals surface area contributed by atoms with Crippen LogP contribution in [0.15, 0.2) is 108 Å². The van der Waals surface area contributed by atoms with Crippen molar-refractivity contribution in [1.29, 1.82) is 0 Å². The number of hydrogen-bond donors (Lipinski definition) is 1. The van der Waals surface area contributed by atoms with E-state index in [9.17, 15) is 18.0 Å². The Labute approximate surface area is 281 Å². The summed E-state index contributed by atoms with van der Waals surface area (Å²) in [5.74, 6) is -0.827. The monoisotopic (exact) mass is 677 g/mol. The largest absolute Gasteiger partial charge is 0.352 e. The van der Waals surface area contributed by atoms with Crippen LogP contribution in [-0.4, -0.2) is 43.8 Å². The fourth-order valence-corrected chi connectivity index (χ4v) is 7.59. The minimum Gasteiger partial charge on any atom is -0.352 e. The number of carbonyl (C=O) groups excluding carboxylic acids is 2. The fraction of sp³-hybridized carbons (Fsp3) is 0.278. The summed E-state index contributed by atoms with van der Waals surface area (Å²) in [6.07, 6.45) is 4.08. The van der Waals surface area contributed by atoms with Gasteiger partial charge in [0.1, 0.15) is 12.6 Å². The summed E-state index contributed by atoms with van der Waals surface area (Å²) in [4.78, 5) is 30.2. The van der Waals surface area contributed by atoms with Gasteiger partial charge in [-0.2, -0.15) is 0 Å². The van der Waals surface area contributed by atoms with Crippen LogP contribution in [0.3, 0.4) is 0 Å². The molecule has 4 aromatic rings. The molecule has 0 heterocycles. The van der Waals surface area contributed by atoms with Gasteiger partial charge in [0.2, 0.25) is 11.8 Å². The normalized spacial score (nSPS) is 14.1. The van der Waals surface area contributed by atoms with Gasteiger partial charge < -0.3 is 10.2 Å². The number of amides is 2. The number of carbonyl (C=O) groups is 2. The number of rotatable bonds is 12. The van der Waals surface area contributed by atoms with E-state index in [1.165, 1.54) is 29.2 Å². The van der Waals surface area contributed by atoms with Crippen molar-refractivity contribution >= 4 is 50.7 Å². The predicted molar refractivity (Wildman–Crippen MR) is 183 cm³/mol. The van der Waals surface area contributed by atoms with Crippen molar-refractivity contribution in [2.75, 3.05) is 10.8 Å². The molecule has 0 aromatic heterocycles. The Balaban J connectivity index is 1.58. The number of anilines is 1. The first-order valence-corrected chi connectivity index (χ1v) is 17.5. The van der Waals surface area contributed by atoms with E-state index in [1.807, 2.05) is 67.6 Å². The minimum atomic E-state index is -4.29. The van der Waals surface area contributed by atoms with Crippen LogP contribution in [0.1, 0.15) is 42.4 Å². The molecule has 0 unspecified atom stereocenters. The van der Waals surface area contributed by atoms with Gasteiger partial charge in [0, 0.05) is 24.0 Å². The number of nitrogens with one attached hydrogen (secondary N) is 1. The molecule has 2 amide bonds. The van der Waals surface area contributed by atoms with Gasteiger partial charge in [-0.3, -0.25) is 13.9 Å². The Hall–Kier alpha value is -3.85. The third-order valence-electron chi connectivity index (χ3n) is 8.23. The van der Waals surface area contributed by atoms with Crippen molar-refractivity contribution in [3.05, 3.63) is 130 Å². The lowest BCUT2D eigenvalue weighted by atomic mass is 10.0. The molecule has 0 radical (unpaired) electrons. The van der Waals surface area contributed by atoms with Gasteiger partial charge in [0.25, 0.3) is 10.0 Å². The second-order valence-electron chi connectivity index (χ2n) is 11.6. The molecule has 5 rings (SSSR count). The Kier molecular flexibility index (Phi) is 11.0. The smallest absolute Gasteiger partial charge is 0.264 e. The minimum absolute atomic E-state index is 0.00337. The molecule has 240 valence electrons. The fourth-order valence-electron chi connectivity index (χ4n) is 5.73. The lowest BCUT2D eigenvalue weighted by molar-refractivity contribution is -0.140. The molecule has 1 fully saturated rings. The zero-order chi connectivity index (χ0) is 32.7. The summed E-state index contributed by atoms with van der Waals surface area (Å²) >= 11 is 12.9. The number of hydrogen-bond acceptors (Lipinski definition) is 4. The molecule has 1 aliphatic rings. The molecule has 4 aromatic carbocycles. The molecule has 0 spiro atoms. The van der Waals surface area contributed by atoms with E-state index < -0.39 is 28.5 Å². The molecule has 1 saturated carbocycles. The topological polar surface area (TPSA) is 86.8 Å². The van der Waals surface area contributed by atoms with Gasteiger partial charge in [-0.05, 0) is 61.2 Å². The van der Waals surface area contributed by atoms with Crippen LogP contribution in [0.2, 0.25) is 10.0 Å². The summed E-state index contributed by atoms with van der Waals surface area (Å²) in [7, 11) is -4.29. The van der Waals surface area contributed by atoms with Crippen molar-refractivity contribution < 1.29 is 18.0 Å². The van der Waals surface area contributed by atoms with E-state index in [0.717, 1.165) is 46.7 Å². The molecule has 46 heavy (non-hydrogen) atoms. The van der Waals surface area contributed by atoms with Gasteiger partial charge in [-0.25, -0.2) is 8.42 Å². The quantitative estimate of drug-likeness (QED) is 0.172. The standard InChI is InChI=1S/C36H37Cl2N3O4S/c1-26-16-19-31(20-17-26)46(44,45)41(33-23-29(37)18-21-32(33)38)25-35(42)40(24-28-12-6-3-7-13-28)34(22-27-10-4-2-5-11-27)36(43)39-30-14-8-9-15-30/h2-7,10-13,16-21,23,30,34H,8-9,14-15,22,24-25H2,1H3,(H,39,43)/t34-/m1/s1. The van der Waals surface area contributed by atoms with Crippen LogP contribution in [-0.2, 0) is 32.6 Å². The second-order valence-corrected chi connectivity index (χ2v) is 14.3. The molecule has 10 heteroatoms. The summed E-state index contributed by atoms with van der Waals surface area (Å²) < 4.78 is 29.4. The van der Waals surface area contributed by atoms with E-state index in [4.69, 9.17) is 23.2 Å². The summed E-state index contributed by atoms with van der Waals surface area (Å²) in [6.45, 7) is 1.35. The SMILES string of the molecule is Cc1ccc(S(=O)(=O)N(CC(=O)N(Cc2ccccc2)[C@H](Cc2ccccc2)C(=O)NC2CCCC2)c2cc(Cl)ccc2Cl)cc1. The highest BCUT2D eigenvalue weighted by atomic mass is 35.5. The van der Waals surface area contributed by atoms with Crippen molar-refractivity contribution in [3.8, 4) is 0 Å². The van der Waals surface area contributed by atoms with Crippen LogP contribution in [0.4, 0.5) is 5.69 Å². The second kappa shape index (κ2) is 15.2. The molecule has 1 atom stereocenters. The van der Waals surface area contributed by atoms with Gasteiger partial charge in [-0.15, -0.1) is 0 Å². The maximum atomic E-state index is 14.6. The molecule has 0 saturated heterocycles. The van der Waals surface area contributed by atoms with Crippen LogP contribution >= 0.6 is 23.2 Å². The molecule has 1 aliphatic carbocycles. The zero-order valence-corrected chi connectivity index (χ0v) is 27.9. The van der Waals surface area contributed by atoms with Gasteiger partial charge in [-0.1, -0.05) is 114 Å². The Morgan fingerprint density at radius 3 is 2.09 bits per heavy atom. The number of nitrogens with zero attached hydrogens (tertiary/aromatic N) is 2. The summed E-state index contributed by atoms with van der Waals surface area (Å²) in [5.41, 5.74) is 2.63. The lowest BCUT2D eigenvalue weighted by Gasteiger charge is -2.34. The third-order valence-corrected chi connectivity index (χ3v) is 10.6. The van der Waals surface area contributed by atoms with Crippen LogP contribution < -0.4 is 9.62 Å².